The van der Waals surface area contributed by atoms with Gasteiger partial charge < -0.3 is 14.7 Å². The van der Waals surface area contributed by atoms with Crippen molar-refractivity contribution in [2.75, 3.05) is 45.2 Å². The van der Waals surface area contributed by atoms with Crippen LogP contribution >= 0.6 is 11.6 Å². The third kappa shape index (κ3) is 5.66. The second-order valence-corrected chi connectivity index (χ2v) is 7.95. The summed E-state index contributed by atoms with van der Waals surface area (Å²) in [7, 11) is 4.06. The molecule has 2 heterocycles. The fraction of sp³-hybridized carbons (Fsp3) is 0.476. The largest absolute Gasteiger partial charge is 0.355 e. The van der Waals surface area contributed by atoms with Gasteiger partial charge in [-0.1, -0.05) is 23.7 Å². The van der Waals surface area contributed by atoms with Crippen LogP contribution in [0.5, 0.6) is 0 Å². The predicted octanol–water partition coefficient (Wildman–Crippen LogP) is 2.94. The second kappa shape index (κ2) is 9.85. The van der Waals surface area contributed by atoms with Crippen molar-refractivity contribution in [3.05, 3.63) is 53.4 Å². The van der Waals surface area contributed by atoms with E-state index in [-0.39, 0.29) is 11.8 Å². The van der Waals surface area contributed by atoms with E-state index >= 15 is 0 Å². The maximum atomic E-state index is 13.3. The number of likely N-dealkylation sites (N-methyl/N-ethyl adjacent to an activating group) is 1. The number of halogens is 1. The first-order valence-corrected chi connectivity index (χ1v) is 10.1. The minimum Gasteiger partial charge on any atom is -0.355 e. The van der Waals surface area contributed by atoms with Gasteiger partial charge in [0, 0.05) is 56.1 Å². The van der Waals surface area contributed by atoms with Crippen molar-refractivity contribution < 1.29 is 4.79 Å². The van der Waals surface area contributed by atoms with Gasteiger partial charge in [-0.15, -0.1) is 0 Å². The van der Waals surface area contributed by atoms with Crippen molar-refractivity contribution in [1.29, 1.82) is 0 Å². The van der Waals surface area contributed by atoms with Crippen molar-refractivity contribution in [2.45, 2.75) is 19.4 Å². The first-order chi connectivity index (χ1) is 13.5. The Morgan fingerprint density at radius 1 is 1.21 bits per heavy atom. The van der Waals surface area contributed by atoms with Crippen LogP contribution in [0.25, 0.3) is 0 Å². The van der Waals surface area contributed by atoms with E-state index in [1.165, 1.54) is 0 Å². The molecule has 0 aliphatic carbocycles. The van der Waals surface area contributed by atoms with E-state index in [4.69, 9.17) is 11.6 Å². The minimum atomic E-state index is 0.0502. The summed E-state index contributed by atoms with van der Waals surface area (Å²) in [5.41, 5.74) is 1.07. The molecule has 0 N–H and O–H groups in total. The zero-order chi connectivity index (χ0) is 19.9. The van der Waals surface area contributed by atoms with E-state index in [9.17, 15) is 4.79 Å². The number of hydrogen-bond donors (Lipinski definition) is 0. The summed E-state index contributed by atoms with van der Waals surface area (Å²) in [5.74, 6) is 1.17. The molecule has 1 aromatic carbocycles. The molecule has 1 saturated heterocycles. The zero-order valence-electron chi connectivity index (χ0n) is 16.6. The SMILES string of the molecule is CN(C)CCN(Cc1cccc(Cl)c1)C(=O)C1CCN(c2cnccn2)CC1. The number of anilines is 1. The van der Waals surface area contributed by atoms with Crippen LogP contribution in [0.1, 0.15) is 18.4 Å². The normalized spacial score (nSPS) is 15.1. The average Bonchev–Trinajstić information content (AvgIpc) is 2.71. The number of hydrogen-bond acceptors (Lipinski definition) is 5. The molecular formula is C21H28ClN5O. The molecule has 0 bridgehead atoms. The Morgan fingerprint density at radius 2 is 2.00 bits per heavy atom. The Balaban J connectivity index is 1.63. The number of amides is 1. The van der Waals surface area contributed by atoms with Crippen LogP contribution < -0.4 is 4.90 Å². The maximum Gasteiger partial charge on any atom is 0.226 e. The summed E-state index contributed by atoms with van der Waals surface area (Å²) in [6.45, 7) is 3.80. The van der Waals surface area contributed by atoms with Crippen LogP contribution in [0.2, 0.25) is 5.02 Å². The third-order valence-corrected chi connectivity index (χ3v) is 5.34. The summed E-state index contributed by atoms with van der Waals surface area (Å²) in [4.78, 5) is 28.1. The minimum absolute atomic E-state index is 0.0502. The molecule has 3 rings (SSSR count). The van der Waals surface area contributed by atoms with Gasteiger partial charge in [0.15, 0.2) is 0 Å². The number of carbonyl (C=O) groups is 1. The van der Waals surface area contributed by atoms with Gasteiger partial charge >= 0.3 is 0 Å². The van der Waals surface area contributed by atoms with Crippen LogP contribution in [0.15, 0.2) is 42.9 Å². The number of nitrogens with zero attached hydrogens (tertiary/aromatic N) is 5. The Bertz CT molecular complexity index is 762. The van der Waals surface area contributed by atoms with E-state index in [2.05, 4.69) is 19.8 Å². The number of carbonyl (C=O) groups excluding carboxylic acids is 1. The highest BCUT2D eigenvalue weighted by Crippen LogP contribution is 2.24. The molecule has 1 aliphatic rings. The predicted molar refractivity (Wildman–Crippen MR) is 112 cm³/mol. The molecule has 0 atom stereocenters. The number of aromatic nitrogens is 2. The molecular weight excluding hydrogens is 374 g/mol. The first-order valence-electron chi connectivity index (χ1n) is 9.72. The number of piperidine rings is 1. The third-order valence-electron chi connectivity index (χ3n) is 5.11. The Labute approximate surface area is 172 Å². The molecule has 1 fully saturated rings. The standard InChI is InChI=1S/C21H28ClN5O/c1-25(2)12-13-27(16-17-4-3-5-19(22)14-17)21(28)18-6-10-26(11-7-18)20-15-23-8-9-24-20/h3-5,8-9,14-15,18H,6-7,10-13,16H2,1-2H3. The molecule has 1 aliphatic heterocycles. The van der Waals surface area contributed by atoms with Gasteiger partial charge in [0.2, 0.25) is 5.91 Å². The van der Waals surface area contributed by atoms with Crippen molar-refractivity contribution in [3.63, 3.8) is 0 Å². The Kier molecular flexibility index (Phi) is 7.23. The molecule has 0 unspecified atom stereocenters. The highest BCUT2D eigenvalue weighted by molar-refractivity contribution is 6.30. The topological polar surface area (TPSA) is 52.6 Å². The van der Waals surface area contributed by atoms with Crippen LogP contribution in [-0.4, -0.2) is 65.9 Å². The summed E-state index contributed by atoms with van der Waals surface area (Å²) in [6, 6.07) is 7.76. The van der Waals surface area contributed by atoms with Gasteiger partial charge in [-0.3, -0.25) is 9.78 Å². The van der Waals surface area contributed by atoms with Crippen LogP contribution in [0.3, 0.4) is 0 Å². The lowest BCUT2D eigenvalue weighted by Crippen LogP contribution is -2.44. The van der Waals surface area contributed by atoms with Gasteiger partial charge in [0.05, 0.1) is 6.20 Å². The summed E-state index contributed by atoms with van der Waals surface area (Å²) >= 11 is 6.13. The van der Waals surface area contributed by atoms with Gasteiger partial charge in [-0.05, 0) is 44.6 Å². The van der Waals surface area contributed by atoms with E-state index in [0.29, 0.717) is 18.1 Å². The van der Waals surface area contributed by atoms with E-state index in [1.807, 2.05) is 43.3 Å². The average molecular weight is 402 g/mol. The lowest BCUT2D eigenvalue weighted by molar-refractivity contribution is -0.137. The molecule has 150 valence electrons. The molecule has 1 amide bonds. The highest BCUT2D eigenvalue weighted by Gasteiger charge is 2.29. The number of benzene rings is 1. The van der Waals surface area contributed by atoms with E-state index in [1.54, 1.807) is 18.6 Å². The van der Waals surface area contributed by atoms with Crippen LogP contribution in [0.4, 0.5) is 5.82 Å². The van der Waals surface area contributed by atoms with Gasteiger partial charge in [-0.2, -0.15) is 0 Å². The maximum absolute atomic E-state index is 13.3. The molecule has 28 heavy (non-hydrogen) atoms. The zero-order valence-corrected chi connectivity index (χ0v) is 17.3. The smallest absolute Gasteiger partial charge is 0.226 e. The molecule has 6 nitrogen and oxygen atoms in total. The highest BCUT2D eigenvalue weighted by atomic mass is 35.5. The molecule has 0 saturated carbocycles. The van der Waals surface area contributed by atoms with Gasteiger partial charge in [0.1, 0.15) is 5.82 Å². The van der Waals surface area contributed by atoms with E-state index < -0.39 is 0 Å². The van der Waals surface area contributed by atoms with Crippen molar-refractivity contribution in [1.82, 2.24) is 19.8 Å². The number of rotatable bonds is 7. The summed E-state index contributed by atoms with van der Waals surface area (Å²) < 4.78 is 0. The lowest BCUT2D eigenvalue weighted by Gasteiger charge is -2.35. The first kappa shape index (κ1) is 20.6. The van der Waals surface area contributed by atoms with Crippen molar-refractivity contribution >= 4 is 23.3 Å². The van der Waals surface area contributed by atoms with Gasteiger partial charge in [-0.25, -0.2) is 4.98 Å². The van der Waals surface area contributed by atoms with E-state index in [0.717, 1.165) is 43.9 Å². The van der Waals surface area contributed by atoms with Crippen LogP contribution in [-0.2, 0) is 11.3 Å². The fourth-order valence-corrected chi connectivity index (χ4v) is 3.72. The molecule has 0 spiro atoms. The van der Waals surface area contributed by atoms with Crippen molar-refractivity contribution in [2.24, 2.45) is 5.92 Å². The Morgan fingerprint density at radius 3 is 2.64 bits per heavy atom. The second-order valence-electron chi connectivity index (χ2n) is 7.52. The molecule has 2 aromatic rings. The molecule has 7 heteroatoms. The Hall–Kier alpha value is -2.18. The fourth-order valence-electron chi connectivity index (χ4n) is 3.51. The monoisotopic (exact) mass is 401 g/mol. The molecule has 0 radical (unpaired) electrons. The quantitative estimate of drug-likeness (QED) is 0.714. The van der Waals surface area contributed by atoms with Crippen molar-refractivity contribution in [3.8, 4) is 0 Å². The van der Waals surface area contributed by atoms with Gasteiger partial charge in [0.25, 0.3) is 0 Å². The van der Waals surface area contributed by atoms with Crippen LogP contribution in [0, 0.1) is 5.92 Å². The molecule has 1 aromatic heterocycles. The summed E-state index contributed by atoms with van der Waals surface area (Å²) in [5, 5.41) is 0.704. The summed E-state index contributed by atoms with van der Waals surface area (Å²) in [6.07, 6.45) is 6.84. The lowest BCUT2D eigenvalue weighted by atomic mass is 9.95.